The number of hydrogen-bond donors (Lipinski definition) is 2. The molecular weight excluding hydrogens is 236 g/mol. The maximum absolute atomic E-state index is 11.6. The summed E-state index contributed by atoms with van der Waals surface area (Å²) in [5, 5.41) is 15.2. The summed E-state index contributed by atoms with van der Waals surface area (Å²) >= 11 is 1.58. The molecule has 0 saturated carbocycles. The number of thioether (sulfide) groups is 1. The maximum atomic E-state index is 11.6. The quantitative estimate of drug-likeness (QED) is 0.574. The minimum Gasteiger partial charge on any atom is -0.351 e. The van der Waals surface area contributed by atoms with Gasteiger partial charge in [0.05, 0.1) is 6.54 Å². The molecule has 0 spiro atoms. The standard InChI is InChI=1S/C11H16N4OS/c1-8(2)6-14-10(16)9(5-12)7-15-11-13-3-4-17-11/h7-8H,3-4,6H2,1-2H3,(H,13,15)(H,14,16)/b9-7-. The van der Waals surface area contributed by atoms with Crippen LogP contribution in [0.25, 0.3) is 0 Å². The van der Waals surface area contributed by atoms with Gasteiger partial charge in [0.15, 0.2) is 5.17 Å². The van der Waals surface area contributed by atoms with Gasteiger partial charge >= 0.3 is 0 Å². The molecule has 2 N–H and O–H groups in total. The summed E-state index contributed by atoms with van der Waals surface area (Å²) in [7, 11) is 0. The third kappa shape index (κ3) is 4.91. The topological polar surface area (TPSA) is 77.3 Å². The molecule has 6 heteroatoms. The first-order valence-corrected chi connectivity index (χ1v) is 6.44. The number of amides is 1. The lowest BCUT2D eigenvalue weighted by molar-refractivity contribution is -0.117. The van der Waals surface area contributed by atoms with Gasteiger partial charge in [-0.3, -0.25) is 9.79 Å². The summed E-state index contributed by atoms with van der Waals surface area (Å²) in [4.78, 5) is 15.8. The van der Waals surface area contributed by atoms with Gasteiger partial charge in [0.25, 0.3) is 5.91 Å². The molecule has 1 aliphatic rings. The van der Waals surface area contributed by atoms with Gasteiger partial charge in [-0.2, -0.15) is 5.26 Å². The zero-order valence-electron chi connectivity index (χ0n) is 9.99. The molecule has 0 aromatic rings. The molecule has 0 saturated heterocycles. The zero-order chi connectivity index (χ0) is 12.7. The summed E-state index contributed by atoms with van der Waals surface area (Å²) < 4.78 is 0. The van der Waals surface area contributed by atoms with Crippen molar-refractivity contribution in [3.63, 3.8) is 0 Å². The smallest absolute Gasteiger partial charge is 0.263 e. The minimum atomic E-state index is -0.350. The Morgan fingerprint density at radius 2 is 2.47 bits per heavy atom. The van der Waals surface area contributed by atoms with E-state index < -0.39 is 0 Å². The molecule has 1 aliphatic heterocycles. The average Bonchev–Trinajstić information content (AvgIpc) is 2.80. The first-order valence-electron chi connectivity index (χ1n) is 5.45. The number of rotatable bonds is 4. The second-order valence-corrected chi connectivity index (χ2v) is 5.04. The van der Waals surface area contributed by atoms with Gasteiger partial charge in [0.2, 0.25) is 0 Å². The van der Waals surface area contributed by atoms with E-state index in [0.29, 0.717) is 12.5 Å². The van der Waals surface area contributed by atoms with Crippen LogP contribution < -0.4 is 10.6 Å². The third-order valence-corrected chi connectivity index (χ3v) is 2.87. The van der Waals surface area contributed by atoms with Gasteiger partial charge in [-0.1, -0.05) is 25.6 Å². The number of nitrogens with one attached hydrogen (secondary N) is 2. The van der Waals surface area contributed by atoms with E-state index in [-0.39, 0.29) is 11.5 Å². The third-order valence-electron chi connectivity index (χ3n) is 1.96. The van der Waals surface area contributed by atoms with E-state index >= 15 is 0 Å². The predicted molar refractivity (Wildman–Crippen MR) is 69.4 cm³/mol. The van der Waals surface area contributed by atoms with Gasteiger partial charge < -0.3 is 10.6 Å². The lowest BCUT2D eigenvalue weighted by atomic mass is 10.2. The molecule has 0 aliphatic carbocycles. The first-order chi connectivity index (χ1) is 8.13. The van der Waals surface area contributed by atoms with Gasteiger partial charge in [-0.15, -0.1) is 0 Å². The largest absolute Gasteiger partial charge is 0.351 e. The molecule has 0 aromatic carbocycles. The second-order valence-electron chi connectivity index (χ2n) is 3.95. The van der Waals surface area contributed by atoms with Crippen molar-refractivity contribution in [2.24, 2.45) is 10.9 Å². The minimum absolute atomic E-state index is 0.0702. The Hall–Kier alpha value is -1.48. The van der Waals surface area contributed by atoms with Crippen LogP contribution in [0.1, 0.15) is 13.8 Å². The van der Waals surface area contributed by atoms with E-state index in [0.717, 1.165) is 17.5 Å². The van der Waals surface area contributed by atoms with Crippen molar-refractivity contribution in [2.45, 2.75) is 13.8 Å². The van der Waals surface area contributed by atoms with E-state index in [1.165, 1.54) is 6.20 Å². The fraction of sp³-hybridized carbons (Fsp3) is 0.545. The molecule has 92 valence electrons. The van der Waals surface area contributed by atoms with Crippen LogP contribution in [0, 0.1) is 17.2 Å². The van der Waals surface area contributed by atoms with Gasteiger partial charge in [0.1, 0.15) is 11.6 Å². The van der Waals surface area contributed by atoms with Gasteiger partial charge in [-0.25, -0.2) is 0 Å². The predicted octanol–water partition coefficient (Wildman–Crippen LogP) is 0.858. The summed E-state index contributed by atoms with van der Waals surface area (Å²) in [6, 6.07) is 1.87. The fourth-order valence-electron chi connectivity index (χ4n) is 1.10. The van der Waals surface area contributed by atoms with Crippen molar-refractivity contribution < 1.29 is 4.79 Å². The van der Waals surface area contributed by atoms with Crippen LogP contribution in [0.3, 0.4) is 0 Å². The van der Waals surface area contributed by atoms with Crippen LogP contribution in [-0.4, -0.2) is 29.9 Å². The summed E-state index contributed by atoms with van der Waals surface area (Å²) in [6.45, 7) is 5.34. The van der Waals surface area contributed by atoms with Crippen molar-refractivity contribution in [3.05, 3.63) is 11.8 Å². The highest BCUT2D eigenvalue weighted by atomic mass is 32.2. The molecule has 0 aromatic heterocycles. The van der Waals surface area contributed by atoms with Crippen molar-refractivity contribution in [3.8, 4) is 6.07 Å². The van der Waals surface area contributed by atoms with Crippen molar-refractivity contribution in [1.82, 2.24) is 10.6 Å². The highest BCUT2D eigenvalue weighted by Crippen LogP contribution is 2.08. The number of carbonyl (C=O) groups is 1. The number of amidine groups is 1. The Kier molecular flexibility index (Phi) is 5.57. The van der Waals surface area contributed by atoms with E-state index in [2.05, 4.69) is 15.6 Å². The molecule has 0 unspecified atom stereocenters. The van der Waals surface area contributed by atoms with E-state index in [9.17, 15) is 4.79 Å². The van der Waals surface area contributed by atoms with E-state index in [1.54, 1.807) is 11.8 Å². The van der Waals surface area contributed by atoms with Crippen LogP contribution in [0.15, 0.2) is 16.8 Å². The van der Waals surface area contributed by atoms with Gasteiger partial charge in [0, 0.05) is 18.5 Å². The van der Waals surface area contributed by atoms with Gasteiger partial charge in [-0.05, 0) is 5.92 Å². The maximum Gasteiger partial charge on any atom is 0.263 e. The van der Waals surface area contributed by atoms with Crippen molar-refractivity contribution in [1.29, 1.82) is 5.26 Å². The molecule has 0 fully saturated rings. The van der Waals surface area contributed by atoms with E-state index in [1.807, 2.05) is 19.9 Å². The van der Waals surface area contributed by atoms with E-state index in [4.69, 9.17) is 5.26 Å². The molecule has 0 radical (unpaired) electrons. The average molecular weight is 252 g/mol. The summed E-state index contributed by atoms with van der Waals surface area (Å²) in [5.41, 5.74) is 0.0702. The molecule has 5 nitrogen and oxygen atoms in total. The molecule has 1 heterocycles. The second kappa shape index (κ2) is 6.97. The Bertz CT molecular complexity index is 381. The van der Waals surface area contributed by atoms with Crippen molar-refractivity contribution in [2.75, 3.05) is 18.8 Å². The normalized spacial score (nSPS) is 15.4. The highest BCUT2D eigenvalue weighted by molar-refractivity contribution is 8.14. The number of nitriles is 1. The van der Waals surface area contributed by atoms with Crippen LogP contribution in [0.2, 0.25) is 0 Å². The Labute approximate surface area is 105 Å². The molecule has 0 atom stereocenters. The van der Waals surface area contributed by atoms with Crippen LogP contribution in [-0.2, 0) is 4.79 Å². The summed E-state index contributed by atoms with van der Waals surface area (Å²) in [6.07, 6.45) is 1.41. The van der Waals surface area contributed by atoms with Crippen LogP contribution in [0.4, 0.5) is 0 Å². The fourth-order valence-corrected chi connectivity index (χ4v) is 1.80. The Morgan fingerprint density at radius 1 is 1.71 bits per heavy atom. The Balaban J connectivity index is 2.49. The monoisotopic (exact) mass is 252 g/mol. The molecule has 0 bridgehead atoms. The molecule has 1 rings (SSSR count). The number of nitrogens with zero attached hydrogens (tertiary/aromatic N) is 2. The molecule has 1 amide bonds. The van der Waals surface area contributed by atoms with Crippen LogP contribution in [0.5, 0.6) is 0 Å². The number of hydrogen-bond acceptors (Lipinski definition) is 5. The Morgan fingerprint density at radius 3 is 3.00 bits per heavy atom. The van der Waals surface area contributed by atoms with Crippen LogP contribution >= 0.6 is 11.8 Å². The molecular formula is C11H16N4OS. The van der Waals surface area contributed by atoms with Crippen molar-refractivity contribution >= 4 is 22.8 Å². The first kappa shape index (κ1) is 13.6. The SMILES string of the molecule is CC(C)CNC(=O)/C(C#N)=C\NC1=NCCS1. The lowest BCUT2D eigenvalue weighted by Crippen LogP contribution is -2.29. The lowest BCUT2D eigenvalue weighted by Gasteiger charge is -2.06. The number of carbonyl (C=O) groups excluding carboxylic acids is 1. The number of aliphatic imine (C=N–C) groups is 1. The zero-order valence-corrected chi connectivity index (χ0v) is 10.8. The molecule has 17 heavy (non-hydrogen) atoms. The summed E-state index contributed by atoms with van der Waals surface area (Å²) in [5.74, 6) is 0.955. The highest BCUT2D eigenvalue weighted by Gasteiger charge is 2.10.